The SMILES string of the molecule is COCC(C)(C)NS(=O)(=O)c1ccc(N)cc1C#N. The van der Waals surface area contributed by atoms with E-state index in [0.717, 1.165) is 0 Å². The van der Waals surface area contributed by atoms with Crippen molar-refractivity contribution in [2.75, 3.05) is 19.5 Å². The van der Waals surface area contributed by atoms with Crippen molar-refractivity contribution >= 4 is 15.7 Å². The number of hydrogen-bond donors (Lipinski definition) is 2. The number of rotatable bonds is 5. The van der Waals surface area contributed by atoms with E-state index in [9.17, 15) is 8.42 Å². The van der Waals surface area contributed by atoms with Crippen molar-refractivity contribution in [1.29, 1.82) is 5.26 Å². The molecule has 6 nitrogen and oxygen atoms in total. The van der Waals surface area contributed by atoms with Crippen LogP contribution in [0.3, 0.4) is 0 Å². The summed E-state index contributed by atoms with van der Waals surface area (Å²) in [5, 5.41) is 8.99. The van der Waals surface area contributed by atoms with Crippen LogP contribution >= 0.6 is 0 Å². The third kappa shape index (κ3) is 3.92. The van der Waals surface area contributed by atoms with Crippen LogP contribution in [0.5, 0.6) is 0 Å². The van der Waals surface area contributed by atoms with Gasteiger partial charge >= 0.3 is 0 Å². The molecule has 1 aromatic carbocycles. The Hall–Kier alpha value is -1.62. The van der Waals surface area contributed by atoms with Crippen LogP contribution in [0.1, 0.15) is 19.4 Å². The van der Waals surface area contributed by atoms with Crippen molar-refractivity contribution in [2.24, 2.45) is 0 Å². The molecule has 0 amide bonds. The van der Waals surface area contributed by atoms with Gasteiger partial charge in [0.2, 0.25) is 10.0 Å². The van der Waals surface area contributed by atoms with Gasteiger partial charge in [-0.2, -0.15) is 5.26 Å². The molecule has 0 heterocycles. The third-order valence-corrected chi connectivity index (χ3v) is 4.09. The van der Waals surface area contributed by atoms with Crippen LogP contribution in [0.25, 0.3) is 0 Å². The summed E-state index contributed by atoms with van der Waals surface area (Å²) in [5.74, 6) is 0. The van der Waals surface area contributed by atoms with E-state index in [1.165, 1.54) is 25.3 Å². The Morgan fingerprint density at radius 3 is 2.63 bits per heavy atom. The first-order chi connectivity index (χ1) is 8.72. The second kappa shape index (κ2) is 5.57. The molecule has 0 spiro atoms. The van der Waals surface area contributed by atoms with Gasteiger partial charge in [-0.3, -0.25) is 0 Å². The molecule has 0 aliphatic carbocycles. The maximum Gasteiger partial charge on any atom is 0.242 e. The molecular weight excluding hydrogens is 266 g/mol. The molecule has 0 aliphatic heterocycles. The molecule has 0 saturated carbocycles. The Labute approximate surface area is 113 Å². The predicted octanol–water partition coefficient (Wildman–Crippen LogP) is 0.844. The highest BCUT2D eigenvalue weighted by atomic mass is 32.2. The summed E-state index contributed by atoms with van der Waals surface area (Å²) < 4.78 is 32.0. The minimum absolute atomic E-state index is 0.0146. The van der Waals surface area contributed by atoms with Crippen LogP contribution in [-0.2, 0) is 14.8 Å². The van der Waals surface area contributed by atoms with Gasteiger partial charge in [0.1, 0.15) is 6.07 Å². The van der Waals surface area contributed by atoms with E-state index in [1.54, 1.807) is 13.8 Å². The molecule has 19 heavy (non-hydrogen) atoms. The molecule has 0 radical (unpaired) electrons. The maximum absolute atomic E-state index is 12.3. The Kier molecular flexibility index (Phi) is 4.52. The molecule has 0 bridgehead atoms. The number of anilines is 1. The number of methoxy groups -OCH3 is 1. The Balaban J connectivity index is 3.19. The zero-order valence-electron chi connectivity index (χ0n) is 11.1. The highest BCUT2D eigenvalue weighted by molar-refractivity contribution is 7.89. The summed E-state index contributed by atoms with van der Waals surface area (Å²) in [6, 6.07) is 5.92. The van der Waals surface area contributed by atoms with Gasteiger partial charge in [0, 0.05) is 12.8 Å². The monoisotopic (exact) mass is 283 g/mol. The summed E-state index contributed by atoms with van der Waals surface area (Å²) in [5.41, 5.74) is 5.11. The van der Waals surface area contributed by atoms with Gasteiger partial charge in [0.05, 0.1) is 22.6 Å². The summed E-state index contributed by atoms with van der Waals surface area (Å²) in [7, 11) is -2.32. The average Bonchev–Trinajstić information content (AvgIpc) is 2.26. The highest BCUT2D eigenvalue weighted by Gasteiger charge is 2.28. The van der Waals surface area contributed by atoms with Gasteiger partial charge in [0.25, 0.3) is 0 Å². The van der Waals surface area contributed by atoms with Crippen LogP contribution in [0, 0.1) is 11.3 Å². The molecule has 3 N–H and O–H groups in total. The molecule has 0 atom stereocenters. The van der Waals surface area contributed by atoms with E-state index in [0.29, 0.717) is 5.69 Å². The average molecular weight is 283 g/mol. The minimum Gasteiger partial charge on any atom is -0.399 e. The van der Waals surface area contributed by atoms with E-state index in [-0.39, 0.29) is 17.1 Å². The molecular formula is C12H17N3O3S. The van der Waals surface area contributed by atoms with Crippen molar-refractivity contribution in [3.05, 3.63) is 23.8 Å². The lowest BCUT2D eigenvalue weighted by atomic mass is 10.1. The van der Waals surface area contributed by atoms with Crippen LogP contribution in [-0.4, -0.2) is 27.7 Å². The first kappa shape index (κ1) is 15.4. The fourth-order valence-electron chi connectivity index (χ4n) is 1.68. The maximum atomic E-state index is 12.3. The number of nitrogens with one attached hydrogen (secondary N) is 1. The molecule has 0 saturated heterocycles. The van der Waals surface area contributed by atoms with Gasteiger partial charge in [-0.05, 0) is 32.0 Å². The van der Waals surface area contributed by atoms with Crippen LogP contribution in [0.2, 0.25) is 0 Å². The predicted molar refractivity (Wildman–Crippen MR) is 71.8 cm³/mol. The van der Waals surface area contributed by atoms with Crippen molar-refractivity contribution < 1.29 is 13.2 Å². The van der Waals surface area contributed by atoms with Gasteiger partial charge in [-0.25, -0.2) is 13.1 Å². The van der Waals surface area contributed by atoms with Crippen LogP contribution < -0.4 is 10.5 Å². The number of nitriles is 1. The topological polar surface area (TPSA) is 105 Å². The lowest BCUT2D eigenvalue weighted by Gasteiger charge is -2.25. The normalized spacial score (nSPS) is 12.1. The first-order valence-electron chi connectivity index (χ1n) is 5.54. The molecule has 104 valence electrons. The zero-order chi connectivity index (χ0) is 14.7. The number of ether oxygens (including phenoxy) is 1. The molecule has 0 fully saturated rings. The second-order valence-corrected chi connectivity index (χ2v) is 6.44. The standard InChI is InChI=1S/C12H17N3O3S/c1-12(2,8-18-3)15-19(16,17)11-5-4-10(14)6-9(11)7-13/h4-6,15H,8,14H2,1-3H3. The van der Waals surface area contributed by atoms with Crippen molar-refractivity contribution in [2.45, 2.75) is 24.3 Å². The van der Waals surface area contributed by atoms with E-state index < -0.39 is 15.6 Å². The zero-order valence-corrected chi connectivity index (χ0v) is 11.9. The summed E-state index contributed by atoms with van der Waals surface area (Å²) in [4.78, 5) is -0.0895. The van der Waals surface area contributed by atoms with Crippen molar-refractivity contribution in [3.8, 4) is 6.07 Å². The van der Waals surface area contributed by atoms with Crippen molar-refractivity contribution in [3.63, 3.8) is 0 Å². The number of sulfonamides is 1. The molecule has 0 aliphatic rings. The van der Waals surface area contributed by atoms with Crippen LogP contribution in [0.15, 0.2) is 23.1 Å². The van der Waals surface area contributed by atoms with E-state index >= 15 is 0 Å². The molecule has 1 aromatic rings. The van der Waals surface area contributed by atoms with E-state index in [1.807, 2.05) is 6.07 Å². The van der Waals surface area contributed by atoms with Gasteiger partial charge in [-0.1, -0.05) is 0 Å². The lowest BCUT2D eigenvalue weighted by molar-refractivity contribution is 0.141. The Bertz CT molecular complexity index is 603. The highest BCUT2D eigenvalue weighted by Crippen LogP contribution is 2.20. The molecule has 0 unspecified atom stereocenters. The summed E-state index contributed by atoms with van der Waals surface area (Å²) in [6.45, 7) is 3.60. The fourth-order valence-corrected chi connectivity index (χ4v) is 3.22. The first-order valence-corrected chi connectivity index (χ1v) is 7.03. The summed E-state index contributed by atoms with van der Waals surface area (Å²) >= 11 is 0. The van der Waals surface area contributed by atoms with Crippen molar-refractivity contribution in [1.82, 2.24) is 4.72 Å². The molecule has 1 rings (SSSR count). The Morgan fingerprint density at radius 1 is 1.47 bits per heavy atom. The quantitative estimate of drug-likeness (QED) is 0.779. The number of nitrogen functional groups attached to an aromatic ring is 1. The minimum atomic E-state index is -3.81. The van der Waals surface area contributed by atoms with E-state index in [4.69, 9.17) is 15.7 Å². The number of nitrogens with zero attached hydrogens (tertiary/aromatic N) is 1. The van der Waals surface area contributed by atoms with Gasteiger partial charge in [0.15, 0.2) is 0 Å². The number of nitrogens with two attached hydrogens (primary N) is 1. The van der Waals surface area contributed by atoms with Crippen LogP contribution in [0.4, 0.5) is 5.69 Å². The molecule has 0 aromatic heterocycles. The number of benzene rings is 1. The number of hydrogen-bond acceptors (Lipinski definition) is 5. The lowest BCUT2D eigenvalue weighted by Crippen LogP contribution is -2.46. The third-order valence-electron chi connectivity index (χ3n) is 2.33. The van der Waals surface area contributed by atoms with Gasteiger partial charge in [-0.15, -0.1) is 0 Å². The van der Waals surface area contributed by atoms with E-state index in [2.05, 4.69) is 4.72 Å². The summed E-state index contributed by atoms with van der Waals surface area (Å²) in [6.07, 6.45) is 0. The smallest absolute Gasteiger partial charge is 0.242 e. The van der Waals surface area contributed by atoms with Gasteiger partial charge < -0.3 is 10.5 Å². The molecule has 7 heteroatoms. The largest absolute Gasteiger partial charge is 0.399 e. The fraction of sp³-hybridized carbons (Fsp3) is 0.417. The Morgan fingerprint density at radius 2 is 2.11 bits per heavy atom. The second-order valence-electron chi connectivity index (χ2n) is 4.79.